The van der Waals surface area contributed by atoms with Crippen molar-refractivity contribution in [1.29, 1.82) is 0 Å². The first-order chi connectivity index (χ1) is 9.19. The molecule has 0 aliphatic carbocycles. The fourth-order valence-corrected chi connectivity index (χ4v) is 2.62. The standard InChI is InChI=1S/C15H19N3S/c1-11(2)19-13-5-3-12(4-6-13)14-8-10-17-15(18-14)7-9-16/h3-6,8,10-11H,7,9,16H2,1-2H3. The number of benzene rings is 1. The molecule has 2 aromatic rings. The van der Waals surface area contributed by atoms with Crippen molar-refractivity contribution in [1.82, 2.24) is 9.97 Å². The molecule has 1 aromatic heterocycles. The minimum absolute atomic E-state index is 0.577. The Labute approximate surface area is 118 Å². The number of nitrogens with zero attached hydrogens (tertiary/aromatic N) is 2. The van der Waals surface area contributed by atoms with Crippen LogP contribution in [0.1, 0.15) is 19.7 Å². The molecule has 19 heavy (non-hydrogen) atoms. The first-order valence-corrected chi connectivity index (χ1v) is 7.36. The summed E-state index contributed by atoms with van der Waals surface area (Å²) in [5, 5.41) is 0.598. The number of aromatic nitrogens is 2. The molecule has 0 atom stereocenters. The van der Waals surface area contributed by atoms with Crippen molar-refractivity contribution in [2.45, 2.75) is 30.4 Å². The number of rotatable bonds is 5. The van der Waals surface area contributed by atoms with E-state index in [0.29, 0.717) is 11.8 Å². The molecule has 3 nitrogen and oxygen atoms in total. The molecule has 0 aliphatic heterocycles. The minimum atomic E-state index is 0.577. The molecule has 100 valence electrons. The number of thioether (sulfide) groups is 1. The summed E-state index contributed by atoms with van der Waals surface area (Å²) in [5.74, 6) is 0.806. The Morgan fingerprint density at radius 3 is 2.53 bits per heavy atom. The lowest BCUT2D eigenvalue weighted by molar-refractivity contribution is 0.869. The number of nitrogens with two attached hydrogens (primary N) is 1. The summed E-state index contributed by atoms with van der Waals surface area (Å²) in [7, 11) is 0. The maximum absolute atomic E-state index is 5.53. The van der Waals surface area contributed by atoms with Gasteiger partial charge >= 0.3 is 0 Å². The van der Waals surface area contributed by atoms with Crippen LogP contribution in [0.4, 0.5) is 0 Å². The van der Waals surface area contributed by atoms with Gasteiger partial charge in [-0.05, 0) is 24.7 Å². The SMILES string of the molecule is CC(C)Sc1ccc(-c2ccnc(CCN)n2)cc1. The first kappa shape index (κ1) is 14.0. The highest BCUT2D eigenvalue weighted by atomic mass is 32.2. The zero-order valence-corrected chi connectivity index (χ0v) is 12.2. The molecular weight excluding hydrogens is 254 g/mol. The summed E-state index contributed by atoms with van der Waals surface area (Å²) in [5.41, 5.74) is 7.61. The van der Waals surface area contributed by atoms with Crippen molar-refractivity contribution in [2.24, 2.45) is 5.73 Å². The van der Waals surface area contributed by atoms with Crippen molar-refractivity contribution in [3.63, 3.8) is 0 Å². The van der Waals surface area contributed by atoms with Crippen LogP contribution in [-0.4, -0.2) is 21.8 Å². The lowest BCUT2D eigenvalue weighted by Gasteiger charge is -2.06. The highest BCUT2D eigenvalue weighted by Gasteiger charge is 2.03. The van der Waals surface area contributed by atoms with Gasteiger partial charge in [0.05, 0.1) is 5.69 Å². The van der Waals surface area contributed by atoms with E-state index < -0.39 is 0 Å². The summed E-state index contributed by atoms with van der Waals surface area (Å²) in [6, 6.07) is 10.4. The van der Waals surface area contributed by atoms with E-state index in [2.05, 4.69) is 48.1 Å². The van der Waals surface area contributed by atoms with Gasteiger partial charge in [0, 0.05) is 28.3 Å². The Kier molecular flexibility index (Phi) is 4.93. The molecule has 1 aromatic carbocycles. The van der Waals surface area contributed by atoms with E-state index in [4.69, 9.17) is 5.73 Å². The Morgan fingerprint density at radius 2 is 1.89 bits per heavy atom. The molecule has 2 rings (SSSR count). The van der Waals surface area contributed by atoms with Gasteiger partial charge in [-0.25, -0.2) is 9.97 Å². The van der Waals surface area contributed by atoms with E-state index in [1.54, 1.807) is 6.20 Å². The molecule has 0 spiro atoms. The predicted molar refractivity (Wildman–Crippen MR) is 81.2 cm³/mol. The van der Waals surface area contributed by atoms with Crippen molar-refractivity contribution in [3.8, 4) is 11.3 Å². The molecule has 0 saturated heterocycles. The second kappa shape index (κ2) is 6.68. The summed E-state index contributed by atoms with van der Waals surface area (Å²) in [6.07, 6.45) is 2.51. The van der Waals surface area contributed by atoms with E-state index in [9.17, 15) is 0 Å². The minimum Gasteiger partial charge on any atom is -0.330 e. The summed E-state index contributed by atoms with van der Waals surface area (Å²) in [6.45, 7) is 4.97. The highest BCUT2D eigenvalue weighted by Crippen LogP contribution is 2.25. The lowest BCUT2D eigenvalue weighted by Crippen LogP contribution is -2.06. The number of hydrogen-bond donors (Lipinski definition) is 1. The fourth-order valence-electron chi connectivity index (χ4n) is 1.79. The molecule has 2 N–H and O–H groups in total. The van der Waals surface area contributed by atoms with Crippen LogP contribution < -0.4 is 5.73 Å². The van der Waals surface area contributed by atoms with Gasteiger partial charge in [-0.2, -0.15) is 0 Å². The number of hydrogen-bond acceptors (Lipinski definition) is 4. The summed E-state index contributed by atoms with van der Waals surface area (Å²) in [4.78, 5) is 10.0. The van der Waals surface area contributed by atoms with Crippen LogP contribution in [0.5, 0.6) is 0 Å². The Balaban J connectivity index is 2.19. The normalized spacial score (nSPS) is 10.9. The van der Waals surface area contributed by atoms with Crippen LogP contribution in [0.3, 0.4) is 0 Å². The van der Waals surface area contributed by atoms with Gasteiger partial charge in [0.15, 0.2) is 0 Å². The average molecular weight is 273 g/mol. The van der Waals surface area contributed by atoms with Crippen molar-refractivity contribution in [2.75, 3.05) is 6.54 Å². The van der Waals surface area contributed by atoms with E-state index in [1.807, 2.05) is 17.8 Å². The first-order valence-electron chi connectivity index (χ1n) is 6.48. The van der Waals surface area contributed by atoms with Gasteiger partial charge in [-0.15, -0.1) is 11.8 Å². The van der Waals surface area contributed by atoms with Crippen LogP contribution in [0.15, 0.2) is 41.4 Å². The zero-order valence-electron chi connectivity index (χ0n) is 11.3. The van der Waals surface area contributed by atoms with Crippen LogP contribution in [-0.2, 0) is 6.42 Å². The van der Waals surface area contributed by atoms with Crippen molar-refractivity contribution in [3.05, 3.63) is 42.4 Å². The molecule has 0 saturated carbocycles. The van der Waals surface area contributed by atoms with Gasteiger partial charge in [0.25, 0.3) is 0 Å². The maximum Gasteiger partial charge on any atom is 0.130 e. The van der Waals surface area contributed by atoms with Crippen molar-refractivity contribution < 1.29 is 0 Å². The highest BCUT2D eigenvalue weighted by molar-refractivity contribution is 7.99. The third-order valence-corrected chi connectivity index (χ3v) is 3.61. The third-order valence-electron chi connectivity index (χ3n) is 2.60. The fraction of sp³-hybridized carbons (Fsp3) is 0.333. The molecule has 0 fully saturated rings. The van der Waals surface area contributed by atoms with Crippen LogP contribution in [0, 0.1) is 0 Å². The molecular formula is C15H19N3S. The molecule has 0 unspecified atom stereocenters. The Morgan fingerprint density at radius 1 is 1.16 bits per heavy atom. The van der Waals surface area contributed by atoms with Crippen LogP contribution in [0.25, 0.3) is 11.3 Å². The topological polar surface area (TPSA) is 51.8 Å². The molecule has 0 amide bonds. The molecule has 4 heteroatoms. The second-order valence-corrected chi connectivity index (χ2v) is 6.24. The predicted octanol–water partition coefficient (Wildman–Crippen LogP) is 3.15. The third kappa shape index (κ3) is 4.04. The second-order valence-electron chi connectivity index (χ2n) is 4.59. The maximum atomic E-state index is 5.53. The van der Waals surface area contributed by atoms with E-state index >= 15 is 0 Å². The van der Waals surface area contributed by atoms with Crippen molar-refractivity contribution >= 4 is 11.8 Å². The van der Waals surface area contributed by atoms with Gasteiger partial charge in [0.1, 0.15) is 5.82 Å². The van der Waals surface area contributed by atoms with E-state index in [1.165, 1.54) is 4.90 Å². The lowest BCUT2D eigenvalue weighted by atomic mass is 10.1. The smallest absolute Gasteiger partial charge is 0.130 e. The van der Waals surface area contributed by atoms with Gasteiger partial charge in [-0.1, -0.05) is 26.0 Å². The molecule has 0 bridgehead atoms. The monoisotopic (exact) mass is 273 g/mol. The zero-order chi connectivity index (χ0) is 13.7. The quantitative estimate of drug-likeness (QED) is 0.850. The van der Waals surface area contributed by atoms with E-state index in [-0.39, 0.29) is 0 Å². The largest absolute Gasteiger partial charge is 0.330 e. The Bertz CT molecular complexity index is 523. The summed E-state index contributed by atoms with van der Waals surface area (Å²) < 4.78 is 0. The summed E-state index contributed by atoms with van der Waals surface area (Å²) >= 11 is 1.86. The Hall–Kier alpha value is -1.39. The van der Waals surface area contributed by atoms with Gasteiger partial charge in [-0.3, -0.25) is 0 Å². The van der Waals surface area contributed by atoms with Gasteiger partial charge in [0.2, 0.25) is 0 Å². The van der Waals surface area contributed by atoms with E-state index in [0.717, 1.165) is 23.5 Å². The van der Waals surface area contributed by atoms with Crippen LogP contribution >= 0.6 is 11.8 Å². The molecule has 1 heterocycles. The average Bonchev–Trinajstić information content (AvgIpc) is 2.40. The van der Waals surface area contributed by atoms with Crippen LogP contribution in [0.2, 0.25) is 0 Å². The molecule has 0 aliphatic rings. The van der Waals surface area contributed by atoms with Gasteiger partial charge < -0.3 is 5.73 Å². The molecule has 0 radical (unpaired) electrons.